The van der Waals surface area contributed by atoms with Gasteiger partial charge in [-0.3, -0.25) is 14.6 Å². The van der Waals surface area contributed by atoms with E-state index in [0.717, 1.165) is 36.8 Å². The summed E-state index contributed by atoms with van der Waals surface area (Å²) in [6.45, 7) is 3.50. The lowest BCUT2D eigenvalue weighted by molar-refractivity contribution is -0.121. The highest BCUT2D eigenvalue weighted by atomic mass is 35.5. The minimum Gasteiger partial charge on any atom is -0.310 e. The summed E-state index contributed by atoms with van der Waals surface area (Å²) in [5, 5.41) is 8.45. The van der Waals surface area contributed by atoms with Crippen LogP contribution in [-0.2, 0) is 10.2 Å². The SMILES string of the molecule is Cc1nc(-n2nc(-c3ccccc3)cc2NC(=O)C2(c3ccc(Cl)cc3)CCCC2)[nH]c(=O)c1C. The molecule has 35 heavy (non-hydrogen) atoms. The molecule has 178 valence electrons. The number of hydrogen-bond acceptors (Lipinski definition) is 4. The predicted molar refractivity (Wildman–Crippen MR) is 137 cm³/mol. The van der Waals surface area contributed by atoms with E-state index in [1.54, 1.807) is 13.8 Å². The van der Waals surface area contributed by atoms with Crippen LogP contribution < -0.4 is 10.9 Å². The number of halogens is 1. The van der Waals surface area contributed by atoms with Crippen molar-refractivity contribution in [1.82, 2.24) is 19.7 Å². The molecule has 1 saturated carbocycles. The van der Waals surface area contributed by atoms with Gasteiger partial charge in [0, 0.05) is 27.9 Å². The number of nitrogens with one attached hydrogen (secondary N) is 2. The van der Waals surface area contributed by atoms with Crippen LogP contribution >= 0.6 is 11.6 Å². The normalized spacial score (nSPS) is 14.7. The van der Waals surface area contributed by atoms with Crippen LogP contribution in [0.3, 0.4) is 0 Å². The highest BCUT2D eigenvalue weighted by Crippen LogP contribution is 2.42. The molecule has 0 aliphatic heterocycles. The van der Waals surface area contributed by atoms with Crippen LogP contribution in [0.1, 0.15) is 42.5 Å². The van der Waals surface area contributed by atoms with Gasteiger partial charge in [-0.1, -0.05) is 66.9 Å². The number of aromatic nitrogens is 4. The van der Waals surface area contributed by atoms with Crippen LogP contribution in [0.25, 0.3) is 17.2 Å². The number of amides is 1. The van der Waals surface area contributed by atoms with Crippen molar-refractivity contribution in [2.24, 2.45) is 0 Å². The summed E-state index contributed by atoms with van der Waals surface area (Å²) in [4.78, 5) is 33.7. The van der Waals surface area contributed by atoms with Crippen molar-refractivity contribution in [3.05, 3.63) is 92.9 Å². The van der Waals surface area contributed by atoms with Crippen LogP contribution in [0.15, 0.2) is 65.5 Å². The fourth-order valence-electron chi connectivity index (χ4n) is 4.74. The summed E-state index contributed by atoms with van der Waals surface area (Å²) in [5.74, 6) is 0.590. The lowest BCUT2D eigenvalue weighted by atomic mass is 9.78. The fraction of sp³-hybridized carbons (Fsp3) is 0.259. The van der Waals surface area contributed by atoms with E-state index >= 15 is 0 Å². The molecular formula is C27H26ClN5O2. The second kappa shape index (κ2) is 9.15. The number of nitrogens with zero attached hydrogens (tertiary/aromatic N) is 3. The largest absolute Gasteiger partial charge is 0.310 e. The van der Waals surface area contributed by atoms with Crippen molar-refractivity contribution in [2.75, 3.05) is 5.32 Å². The Kier molecular flexibility index (Phi) is 6.03. The first kappa shape index (κ1) is 23.1. The molecule has 1 aliphatic carbocycles. The molecular weight excluding hydrogens is 462 g/mol. The van der Waals surface area contributed by atoms with Crippen molar-refractivity contribution in [1.29, 1.82) is 0 Å². The van der Waals surface area contributed by atoms with Gasteiger partial charge in [-0.15, -0.1) is 0 Å². The maximum atomic E-state index is 13.9. The Hall–Kier alpha value is -3.71. The summed E-state index contributed by atoms with van der Waals surface area (Å²) < 4.78 is 1.50. The zero-order valence-electron chi connectivity index (χ0n) is 19.6. The van der Waals surface area contributed by atoms with Gasteiger partial charge in [-0.05, 0) is 44.4 Å². The van der Waals surface area contributed by atoms with Gasteiger partial charge in [0.2, 0.25) is 11.9 Å². The van der Waals surface area contributed by atoms with Gasteiger partial charge in [0.25, 0.3) is 5.56 Å². The van der Waals surface area contributed by atoms with Gasteiger partial charge in [0.15, 0.2) is 0 Å². The van der Waals surface area contributed by atoms with E-state index in [1.165, 1.54) is 4.68 Å². The molecule has 1 amide bonds. The lowest BCUT2D eigenvalue weighted by Gasteiger charge is -2.28. The van der Waals surface area contributed by atoms with Crippen molar-refractivity contribution >= 4 is 23.3 Å². The molecule has 0 radical (unpaired) electrons. The van der Waals surface area contributed by atoms with E-state index in [2.05, 4.69) is 15.3 Å². The molecule has 0 saturated heterocycles. The average Bonchev–Trinajstić information content (AvgIpc) is 3.52. The third-order valence-electron chi connectivity index (χ3n) is 6.89. The Morgan fingerprint density at radius 3 is 2.40 bits per heavy atom. The second-order valence-electron chi connectivity index (χ2n) is 9.04. The monoisotopic (exact) mass is 487 g/mol. The Morgan fingerprint density at radius 1 is 1.06 bits per heavy atom. The number of aromatic amines is 1. The third kappa shape index (κ3) is 4.28. The number of aryl methyl sites for hydroxylation is 1. The van der Waals surface area contributed by atoms with E-state index in [0.29, 0.717) is 27.8 Å². The highest BCUT2D eigenvalue weighted by Gasteiger charge is 2.43. The Labute approximate surface area is 208 Å². The van der Waals surface area contributed by atoms with E-state index in [-0.39, 0.29) is 17.4 Å². The molecule has 0 atom stereocenters. The smallest absolute Gasteiger partial charge is 0.255 e. The first-order valence-electron chi connectivity index (χ1n) is 11.7. The second-order valence-corrected chi connectivity index (χ2v) is 9.48. The molecule has 2 N–H and O–H groups in total. The molecule has 0 unspecified atom stereocenters. The molecule has 5 rings (SSSR count). The van der Waals surface area contributed by atoms with E-state index in [1.807, 2.05) is 60.7 Å². The first-order chi connectivity index (χ1) is 16.9. The lowest BCUT2D eigenvalue weighted by Crippen LogP contribution is -2.38. The molecule has 0 spiro atoms. The average molecular weight is 488 g/mol. The topological polar surface area (TPSA) is 92.7 Å². The van der Waals surface area contributed by atoms with Crippen LogP contribution in [-0.4, -0.2) is 25.7 Å². The zero-order chi connectivity index (χ0) is 24.6. The van der Waals surface area contributed by atoms with Gasteiger partial charge in [0.1, 0.15) is 5.82 Å². The highest BCUT2D eigenvalue weighted by molar-refractivity contribution is 6.30. The standard InChI is InChI=1S/C27H26ClN5O2/c1-17-18(2)29-26(31-24(17)34)33-23(16-22(32-33)19-8-4-3-5-9-19)30-25(35)27(14-6-7-15-27)20-10-12-21(28)13-11-20/h3-5,8-13,16H,6-7,14-15H2,1-2H3,(H,30,35)(H,29,31,34). The summed E-state index contributed by atoms with van der Waals surface area (Å²) >= 11 is 6.11. The number of hydrogen-bond donors (Lipinski definition) is 2. The number of carbonyl (C=O) groups excluding carboxylic acids is 1. The number of rotatable bonds is 5. The molecule has 2 aromatic heterocycles. The van der Waals surface area contributed by atoms with Crippen molar-refractivity contribution in [2.45, 2.75) is 44.9 Å². The maximum Gasteiger partial charge on any atom is 0.255 e. The number of benzene rings is 2. The van der Waals surface area contributed by atoms with Crippen LogP contribution in [0.4, 0.5) is 5.82 Å². The summed E-state index contributed by atoms with van der Waals surface area (Å²) in [6, 6.07) is 19.0. The Balaban J connectivity index is 1.59. The fourth-order valence-corrected chi connectivity index (χ4v) is 4.87. The molecule has 4 aromatic rings. The third-order valence-corrected chi connectivity index (χ3v) is 7.14. The number of H-pyrrole nitrogens is 1. The van der Waals surface area contributed by atoms with Gasteiger partial charge >= 0.3 is 0 Å². The van der Waals surface area contributed by atoms with E-state index < -0.39 is 5.41 Å². The Bertz CT molecular complexity index is 1430. The summed E-state index contributed by atoms with van der Waals surface area (Å²) in [5.41, 5.74) is 2.75. The van der Waals surface area contributed by atoms with Gasteiger partial charge in [-0.2, -0.15) is 9.78 Å². The molecule has 8 heteroatoms. The van der Waals surface area contributed by atoms with Crippen molar-refractivity contribution < 1.29 is 4.79 Å². The maximum absolute atomic E-state index is 13.9. The zero-order valence-corrected chi connectivity index (χ0v) is 20.4. The van der Waals surface area contributed by atoms with Gasteiger partial charge in [-0.25, -0.2) is 4.98 Å². The van der Waals surface area contributed by atoms with Crippen LogP contribution in [0.5, 0.6) is 0 Å². The number of anilines is 1. The molecule has 2 aromatic carbocycles. The van der Waals surface area contributed by atoms with Gasteiger partial charge in [0.05, 0.1) is 11.1 Å². The Morgan fingerprint density at radius 2 is 1.74 bits per heavy atom. The molecule has 1 fully saturated rings. The van der Waals surface area contributed by atoms with E-state index in [9.17, 15) is 9.59 Å². The minimum atomic E-state index is -0.656. The number of carbonyl (C=O) groups is 1. The summed E-state index contributed by atoms with van der Waals surface area (Å²) in [6.07, 6.45) is 3.44. The van der Waals surface area contributed by atoms with E-state index in [4.69, 9.17) is 16.7 Å². The quantitative estimate of drug-likeness (QED) is 0.397. The molecule has 1 aliphatic rings. The molecule has 7 nitrogen and oxygen atoms in total. The molecule has 0 bridgehead atoms. The summed E-state index contributed by atoms with van der Waals surface area (Å²) in [7, 11) is 0. The minimum absolute atomic E-state index is 0.107. The van der Waals surface area contributed by atoms with Crippen molar-refractivity contribution in [3.63, 3.8) is 0 Å². The first-order valence-corrected chi connectivity index (χ1v) is 12.1. The van der Waals surface area contributed by atoms with Gasteiger partial charge < -0.3 is 5.32 Å². The predicted octanol–water partition coefficient (Wildman–Crippen LogP) is 5.34. The van der Waals surface area contributed by atoms with Crippen molar-refractivity contribution in [3.8, 4) is 17.2 Å². The van der Waals surface area contributed by atoms with Crippen LogP contribution in [0.2, 0.25) is 5.02 Å². The van der Waals surface area contributed by atoms with Crippen LogP contribution in [0, 0.1) is 13.8 Å². The molecule has 2 heterocycles.